The highest BCUT2D eigenvalue weighted by Crippen LogP contribution is 2.16. The zero-order chi connectivity index (χ0) is 9.68. The fourth-order valence-electron chi connectivity index (χ4n) is 1.83. The summed E-state index contributed by atoms with van der Waals surface area (Å²) in [6, 6.07) is 0.575. The fourth-order valence-corrected chi connectivity index (χ4v) is 1.83. The highest BCUT2D eigenvalue weighted by molar-refractivity contribution is 4.74. The number of aliphatic hydroxyl groups excluding tert-OH is 1. The molecule has 0 saturated carbocycles. The summed E-state index contributed by atoms with van der Waals surface area (Å²) in [5.41, 5.74) is 0. The largest absolute Gasteiger partial charge is 0.396 e. The average Bonchev–Trinajstić information content (AvgIpc) is 2.19. The Bertz CT molecular complexity index is 133. The normalized spacial score (nSPS) is 23.3. The molecule has 3 nitrogen and oxygen atoms in total. The Labute approximate surface area is 81.1 Å². The number of piperidine rings is 1. The molecule has 0 aromatic rings. The second-order valence-corrected chi connectivity index (χ2v) is 4.12. The Morgan fingerprint density at radius 1 is 1.46 bits per heavy atom. The first-order valence-electron chi connectivity index (χ1n) is 5.26. The van der Waals surface area contributed by atoms with Gasteiger partial charge in [0, 0.05) is 19.2 Å². The quantitative estimate of drug-likeness (QED) is 0.663. The lowest BCUT2D eigenvalue weighted by Gasteiger charge is -2.32. The van der Waals surface area contributed by atoms with Crippen LogP contribution < -0.4 is 5.32 Å². The Balaban J connectivity index is 2.17. The highest BCUT2D eigenvalue weighted by atomic mass is 16.3. The summed E-state index contributed by atoms with van der Waals surface area (Å²) in [7, 11) is 2.01. The van der Waals surface area contributed by atoms with Crippen molar-refractivity contribution in [3.8, 4) is 0 Å². The summed E-state index contributed by atoms with van der Waals surface area (Å²) in [6.45, 7) is 6.01. The summed E-state index contributed by atoms with van der Waals surface area (Å²) in [5.74, 6) is 0.557. The predicted octanol–water partition coefficient (Wildman–Crippen LogP) is 0.299. The number of likely N-dealkylation sites (N-methyl/N-ethyl adjacent to an activating group) is 1. The molecule has 0 spiro atoms. The summed E-state index contributed by atoms with van der Waals surface area (Å²) in [6.07, 6.45) is 2.32. The predicted molar refractivity (Wildman–Crippen MR) is 54.8 cm³/mol. The van der Waals surface area contributed by atoms with E-state index in [0.717, 1.165) is 32.5 Å². The van der Waals surface area contributed by atoms with Crippen molar-refractivity contribution in [3.63, 3.8) is 0 Å². The lowest BCUT2D eigenvalue weighted by molar-refractivity contribution is 0.126. The first kappa shape index (κ1) is 11.0. The smallest absolute Gasteiger partial charge is 0.0460 e. The third kappa shape index (κ3) is 3.63. The van der Waals surface area contributed by atoms with Crippen LogP contribution in [0, 0.1) is 5.92 Å². The number of hydrogen-bond donors (Lipinski definition) is 2. The minimum absolute atomic E-state index is 0.370. The van der Waals surface area contributed by atoms with Gasteiger partial charge in [-0.3, -0.25) is 0 Å². The van der Waals surface area contributed by atoms with Crippen molar-refractivity contribution in [1.82, 2.24) is 10.2 Å². The van der Waals surface area contributed by atoms with E-state index in [2.05, 4.69) is 17.1 Å². The molecule has 1 rings (SSSR count). The van der Waals surface area contributed by atoms with Crippen LogP contribution in [0.4, 0.5) is 0 Å². The molecule has 1 saturated heterocycles. The molecule has 0 aliphatic carbocycles. The van der Waals surface area contributed by atoms with Crippen LogP contribution in [-0.4, -0.2) is 49.3 Å². The van der Waals surface area contributed by atoms with Gasteiger partial charge in [0.25, 0.3) is 0 Å². The van der Waals surface area contributed by atoms with Crippen molar-refractivity contribution in [1.29, 1.82) is 0 Å². The molecule has 1 fully saturated rings. The molecule has 1 heterocycles. The van der Waals surface area contributed by atoms with E-state index in [1.807, 2.05) is 7.05 Å². The molecule has 1 atom stereocenters. The molecule has 1 aliphatic rings. The van der Waals surface area contributed by atoms with Crippen molar-refractivity contribution >= 4 is 0 Å². The van der Waals surface area contributed by atoms with Crippen molar-refractivity contribution in [3.05, 3.63) is 0 Å². The van der Waals surface area contributed by atoms with Gasteiger partial charge in [0.15, 0.2) is 0 Å². The van der Waals surface area contributed by atoms with E-state index in [4.69, 9.17) is 5.11 Å². The lowest BCUT2D eigenvalue weighted by Crippen LogP contribution is -2.42. The van der Waals surface area contributed by atoms with E-state index >= 15 is 0 Å². The third-order valence-corrected chi connectivity index (χ3v) is 2.99. The number of likely N-dealkylation sites (tertiary alicyclic amines) is 1. The van der Waals surface area contributed by atoms with Crippen molar-refractivity contribution in [2.45, 2.75) is 25.8 Å². The topological polar surface area (TPSA) is 35.5 Å². The second-order valence-electron chi connectivity index (χ2n) is 4.12. The van der Waals surface area contributed by atoms with Crippen molar-refractivity contribution in [2.75, 3.05) is 33.3 Å². The van der Waals surface area contributed by atoms with E-state index in [9.17, 15) is 0 Å². The molecule has 1 unspecified atom stereocenters. The molecule has 0 amide bonds. The summed E-state index contributed by atoms with van der Waals surface area (Å²) in [5, 5.41) is 12.2. The molecule has 13 heavy (non-hydrogen) atoms. The van der Waals surface area contributed by atoms with E-state index in [1.165, 1.54) is 0 Å². The lowest BCUT2D eigenvalue weighted by atomic mass is 9.98. The maximum absolute atomic E-state index is 8.97. The Morgan fingerprint density at radius 2 is 2.08 bits per heavy atom. The number of aliphatic hydroxyl groups is 1. The Morgan fingerprint density at radius 3 is 2.54 bits per heavy atom. The number of rotatable bonds is 4. The molecular weight excluding hydrogens is 164 g/mol. The van der Waals surface area contributed by atoms with Gasteiger partial charge in [-0.15, -0.1) is 0 Å². The van der Waals surface area contributed by atoms with Crippen LogP contribution in [0.25, 0.3) is 0 Å². The van der Waals surface area contributed by atoms with Gasteiger partial charge in [0.2, 0.25) is 0 Å². The molecule has 1 aliphatic heterocycles. The summed E-state index contributed by atoms with van der Waals surface area (Å²) in [4.78, 5) is 2.48. The summed E-state index contributed by atoms with van der Waals surface area (Å²) >= 11 is 0. The average molecular weight is 186 g/mol. The number of nitrogens with one attached hydrogen (secondary N) is 1. The van der Waals surface area contributed by atoms with Gasteiger partial charge >= 0.3 is 0 Å². The van der Waals surface area contributed by atoms with E-state index in [1.54, 1.807) is 0 Å². The molecule has 0 aromatic carbocycles. The zero-order valence-electron chi connectivity index (χ0n) is 8.79. The van der Waals surface area contributed by atoms with Gasteiger partial charge in [0.1, 0.15) is 0 Å². The van der Waals surface area contributed by atoms with E-state index in [0.29, 0.717) is 18.6 Å². The fraction of sp³-hybridized carbons (Fsp3) is 1.00. The molecule has 78 valence electrons. The molecular formula is C10H22N2O. The first-order valence-corrected chi connectivity index (χ1v) is 5.26. The van der Waals surface area contributed by atoms with Gasteiger partial charge in [-0.2, -0.15) is 0 Å². The first-order chi connectivity index (χ1) is 6.26. The maximum atomic E-state index is 8.97. The standard InChI is InChI=1S/C10H22N2O/c1-9(11-2)7-12-5-3-10(8-13)4-6-12/h9-11,13H,3-8H2,1-2H3. The maximum Gasteiger partial charge on any atom is 0.0460 e. The van der Waals surface area contributed by atoms with Crippen LogP contribution in [0.3, 0.4) is 0 Å². The summed E-state index contributed by atoms with van der Waals surface area (Å²) < 4.78 is 0. The monoisotopic (exact) mass is 186 g/mol. The van der Waals surface area contributed by atoms with Gasteiger partial charge in [-0.25, -0.2) is 0 Å². The Kier molecular flexibility index (Phi) is 4.70. The zero-order valence-corrected chi connectivity index (χ0v) is 8.79. The van der Waals surface area contributed by atoms with Gasteiger partial charge in [-0.1, -0.05) is 0 Å². The van der Waals surface area contributed by atoms with Gasteiger partial charge in [-0.05, 0) is 45.8 Å². The molecule has 0 radical (unpaired) electrons. The minimum Gasteiger partial charge on any atom is -0.396 e. The van der Waals surface area contributed by atoms with E-state index in [-0.39, 0.29) is 0 Å². The minimum atomic E-state index is 0.370. The number of nitrogens with zero attached hydrogens (tertiary/aromatic N) is 1. The highest BCUT2D eigenvalue weighted by Gasteiger charge is 2.18. The molecule has 0 aromatic heterocycles. The SMILES string of the molecule is CNC(C)CN1CCC(CO)CC1. The van der Waals surface area contributed by atoms with Crippen LogP contribution in [-0.2, 0) is 0 Å². The Hall–Kier alpha value is -0.120. The van der Waals surface area contributed by atoms with Gasteiger partial charge in [0.05, 0.1) is 0 Å². The molecule has 2 N–H and O–H groups in total. The molecule has 3 heteroatoms. The molecule has 0 bridgehead atoms. The number of hydrogen-bond acceptors (Lipinski definition) is 3. The van der Waals surface area contributed by atoms with Crippen LogP contribution in [0.5, 0.6) is 0 Å². The second kappa shape index (κ2) is 5.58. The van der Waals surface area contributed by atoms with Crippen LogP contribution >= 0.6 is 0 Å². The third-order valence-electron chi connectivity index (χ3n) is 2.99. The van der Waals surface area contributed by atoms with Gasteiger partial charge < -0.3 is 15.3 Å². The van der Waals surface area contributed by atoms with Crippen LogP contribution in [0.15, 0.2) is 0 Å². The van der Waals surface area contributed by atoms with E-state index < -0.39 is 0 Å². The van der Waals surface area contributed by atoms with Crippen molar-refractivity contribution in [2.24, 2.45) is 5.92 Å². The van der Waals surface area contributed by atoms with Crippen LogP contribution in [0.1, 0.15) is 19.8 Å². The van der Waals surface area contributed by atoms with Crippen LogP contribution in [0.2, 0.25) is 0 Å². The van der Waals surface area contributed by atoms with Crippen molar-refractivity contribution < 1.29 is 5.11 Å².